The molecular weight excluding hydrogens is 306 g/mol. The molecule has 0 aliphatic carbocycles. The molecule has 0 amide bonds. The van der Waals surface area contributed by atoms with E-state index in [9.17, 15) is 13.9 Å². The van der Waals surface area contributed by atoms with Gasteiger partial charge >= 0.3 is 0 Å². The van der Waals surface area contributed by atoms with Crippen LogP contribution in [-0.4, -0.2) is 17.8 Å². The highest BCUT2D eigenvalue weighted by Crippen LogP contribution is 2.29. The number of rotatable bonds is 5. The number of hydrogen-bond acceptors (Lipinski definition) is 2. The van der Waals surface area contributed by atoms with Gasteiger partial charge in [-0.3, -0.25) is 0 Å². The molecule has 2 nitrogen and oxygen atoms in total. The Morgan fingerprint density at radius 1 is 1.33 bits per heavy atom. The summed E-state index contributed by atoms with van der Waals surface area (Å²) in [6.45, 7) is 3.71. The maximum Gasteiger partial charge on any atom is 0.133 e. The van der Waals surface area contributed by atoms with E-state index >= 15 is 0 Å². The van der Waals surface area contributed by atoms with Gasteiger partial charge in [0, 0.05) is 11.6 Å². The molecule has 5 heteroatoms. The summed E-state index contributed by atoms with van der Waals surface area (Å²) < 4.78 is 32.7. The van der Waals surface area contributed by atoms with Crippen LogP contribution in [0.25, 0.3) is 0 Å². The Hall–Kier alpha value is -0.520. The number of aliphatic hydroxyl groups excluding tert-OH is 1. The Labute approximate surface area is 114 Å². The highest BCUT2D eigenvalue weighted by atomic mass is 79.9. The largest absolute Gasteiger partial charge is 0.388 e. The molecule has 18 heavy (non-hydrogen) atoms. The van der Waals surface area contributed by atoms with Gasteiger partial charge in [-0.25, -0.2) is 8.78 Å². The van der Waals surface area contributed by atoms with E-state index in [1.807, 2.05) is 13.8 Å². The molecular formula is C13H17BrF2O2. The van der Waals surface area contributed by atoms with E-state index in [4.69, 9.17) is 4.74 Å². The van der Waals surface area contributed by atoms with E-state index in [0.717, 1.165) is 12.1 Å². The average molecular weight is 323 g/mol. The number of halogens is 3. The van der Waals surface area contributed by atoms with Gasteiger partial charge in [0.1, 0.15) is 11.6 Å². The van der Waals surface area contributed by atoms with E-state index in [1.54, 1.807) is 7.11 Å². The normalized spacial score (nSPS) is 13.7. The topological polar surface area (TPSA) is 29.5 Å². The molecule has 0 bridgehead atoms. The lowest BCUT2D eigenvalue weighted by Gasteiger charge is -2.24. The minimum atomic E-state index is -1.17. The first-order chi connectivity index (χ1) is 8.26. The minimum Gasteiger partial charge on any atom is -0.388 e. The van der Waals surface area contributed by atoms with Crippen LogP contribution in [0.3, 0.4) is 0 Å². The molecule has 0 saturated carbocycles. The number of methoxy groups -OCH3 is 1. The molecule has 0 heterocycles. The van der Waals surface area contributed by atoms with Crippen molar-refractivity contribution in [1.82, 2.24) is 0 Å². The lowest BCUT2D eigenvalue weighted by Crippen LogP contribution is -2.23. The Bertz CT molecular complexity index is 398. The molecule has 1 unspecified atom stereocenters. The third-order valence-corrected chi connectivity index (χ3v) is 3.41. The maximum absolute atomic E-state index is 13.6. The van der Waals surface area contributed by atoms with Gasteiger partial charge < -0.3 is 9.84 Å². The van der Waals surface area contributed by atoms with Gasteiger partial charge in [-0.1, -0.05) is 15.9 Å². The number of hydrogen-bond donors (Lipinski definition) is 1. The van der Waals surface area contributed by atoms with E-state index < -0.39 is 23.3 Å². The van der Waals surface area contributed by atoms with Gasteiger partial charge in [0.05, 0.1) is 17.3 Å². The third kappa shape index (κ3) is 4.00. The molecule has 0 aliphatic rings. The average Bonchev–Trinajstić information content (AvgIpc) is 2.25. The zero-order valence-corrected chi connectivity index (χ0v) is 12.2. The molecule has 0 spiro atoms. The van der Waals surface area contributed by atoms with Crippen molar-refractivity contribution in [3.05, 3.63) is 33.8 Å². The van der Waals surface area contributed by atoms with Gasteiger partial charge in [0.15, 0.2) is 0 Å². The monoisotopic (exact) mass is 322 g/mol. The first kappa shape index (κ1) is 15.5. The van der Waals surface area contributed by atoms with Crippen LogP contribution < -0.4 is 0 Å². The number of ether oxygens (including phenoxy) is 1. The van der Waals surface area contributed by atoms with Crippen molar-refractivity contribution in [2.24, 2.45) is 0 Å². The van der Waals surface area contributed by atoms with Crippen LogP contribution in [0.4, 0.5) is 8.78 Å². The van der Waals surface area contributed by atoms with Crippen molar-refractivity contribution in [2.75, 3.05) is 7.11 Å². The predicted molar refractivity (Wildman–Crippen MR) is 69.3 cm³/mol. The second kappa shape index (κ2) is 6.08. The fraction of sp³-hybridized carbons (Fsp3) is 0.538. The summed E-state index contributed by atoms with van der Waals surface area (Å²) in [5.74, 6) is -1.49. The van der Waals surface area contributed by atoms with Crippen LogP contribution in [0, 0.1) is 11.6 Å². The smallest absolute Gasteiger partial charge is 0.133 e. The van der Waals surface area contributed by atoms with Crippen LogP contribution >= 0.6 is 15.9 Å². The minimum absolute atomic E-state index is 0.232. The maximum atomic E-state index is 13.6. The fourth-order valence-corrected chi connectivity index (χ4v) is 2.00. The van der Waals surface area contributed by atoms with Crippen LogP contribution in [0.5, 0.6) is 0 Å². The molecule has 1 aromatic carbocycles. The van der Waals surface area contributed by atoms with Gasteiger partial charge in [-0.15, -0.1) is 0 Å². The summed E-state index contributed by atoms with van der Waals surface area (Å²) in [7, 11) is 1.56. The van der Waals surface area contributed by atoms with Crippen LogP contribution in [-0.2, 0) is 4.74 Å². The van der Waals surface area contributed by atoms with Gasteiger partial charge in [-0.05, 0) is 38.8 Å². The first-order valence-electron chi connectivity index (χ1n) is 5.64. The Balaban J connectivity index is 2.82. The quantitative estimate of drug-likeness (QED) is 0.888. The second-order valence-electron chi connectivity index (χ2n) is 4.80. The van der Waals surface area contributed by atoms with E-state index in [-0.39, 0.29) is 12.0 Å². The number of aliphatic hydroxyl groups is 1. The van der Waals surface area contributed by atoms with Gasteiger partial charge in [0.25, 0.3) is 0 Å². The van der Waals surface area contributed by atoms with Crippen LogP contribution in [0.1, 0.15) is 38.4 Å². The van der Waals surface area contributed by atoms with Crippen LogP contribution in [0.2, 0.25) is 0 Å². The summed E-state index contributed by atoms with van der Waals surface area (Å²) in [6, 6.07) is 2.28. The second-order valence-corrected chi connectivity index (χ2v) is 5.72. The Morgan fingerprint density at radius 2 is 1.83 bits per heavy atom. The molecule has 0 aromatic heterocycles. The SMILES string of the molecule is COC(C)(C)CCC(O)c1c(F)cc(Br)cc1F. The molecule has 1 atom stereocenters. The molecule has 1 N–H and O–H groups in total. The number of benzene rings is 1. The lowest BCUT2D eigenvalue weighted by molar-refractivity contribution is 0.00213. The molecule has 0 saturated heterocycles. The van der Waals surface area contributed by atoms with E-state index in [2.05, 4.69) is 15.9 Å². The van der Waals surface area contributed by atoms with Crippen molar-refractivity contribution in [1.29, 1.82) is 0 Å². The highest BCUT2D eigenvalue weighted by Gasteiger charge is 2.23. The standard InChI is InChI=1S/C13H17BrF2O2/c1-13(2,18-3)5-4-11(17)12-9(15)6-8(14)7-10(12)16/h6-7,11,17H,4-5H2,1-3H3. The third-order valence-electron chi connectivity index (χ3n) is 2.95. The van der Waals surface area contributed by atoms with Gasteiger partial charge in [0.2, 0.25) is 0 Å². The van der Waals surface area contributed by atoms with Crippen molar-refractivity contribution in [3.8, 4) is 0 Å². The first-order valence-corrected chi connectivity index (χ1v) is 6.44. The van der Waals surface area contributed by atoms with Crippen molar-refractivity contribution in [3.63, 3.8) is 0 Å². The molecule has 1 aromatic rings. The van der Waals surface area contributed by atoms with Crippen LogP contribution in [0.15, 0.2) is 16.6 Å². The molecule has 102 valence electrons. The van der Waals surface area contributed by atoms with E-state index in [0.29, 0.717) is 10.9 Å². The summed E-state index contributed by atoms with van der Waals surface area (Å²) in [5, 5.41) is 9.88. The molecule has 1 rings (SSSR count). The summed E-state index contributed by atoms with van der Waals surface area (Å²) in [5.41, 5.74) is -0.714. The molecule has 0 fully saturated rings. The van der Waals surface area contributed by atoms with Crippen molar-refractivity contribution in [2.45, 2.75) is 38.4 Å². The highest BCUT2D eigenvalue weighted by molar-refractivity contribution is 9.10. The van der Waals surface area contributed by atoms with Crippen molar-refractivity contribution >= 4 is 15.9 Å². The Morgan fingerprint density at radius 3 is 2.28 bits per heavy atom. The summed E-state index contributed by atoms with van der Waals surface area (Å²) in [6.07, 6.45) is -0.442. The zero-order valence-electron chi connectivity index (χ0n) is 10.6. The zero-order chi connectivity index (χ0) is 13.9. The molecule has 0 radical (unpaired) electrons. The lowest BCUT2D eigenvalue weighted by atomic mass is 9.96. The predicted octanol–water partition coefficient (Wildman–Crippen LogP) is 3.97. The summed E-state index contributed by atoms with van der Waals surface area (Å²) >= 11 is 3.00. The molecule has 0 aliphatic heterocycles. The fourth-order valence-electron chi connectivity index (χ4n) is 1.60. The van der Waals surface area contributed by atoms with E-state index in [1.165, 1.54) is 0 Å². The van der Waals surface area contributed by atoms with Gasteiger partial charge in [-0.2, -0.15) is 0 Å². The Kier molecular flexibility index (Phi) is 5.25. The summed E-state index contributed by atoms with van der Waals surface area (Å²) in [4.78, 5) is 0. The van der Waals surface area contributed by atoms with Crippen molar-refractivity contribution < 1.29 is 18.6 Å².